The van der Waals surface area contributed by atoms with E-state index in [4.69, 9.17) is 9.47 Å². The first kappa shape index (κ1) is 17.4. The van der Waals surface area contributed by atoms with Crippen molar-refractivity contribution in [3.8, 4) is 5.75 Å². The highest BCUT2D eigenvalue weighted by molar-refractivity contribution is 5.94. The normalized spacial score (nSPS) is 10.2. The average Bonchev–Trinajstić information content (AvgIpc) is 2.67. The van der Waals surface area contributed by atoms with E-state index in [1.165, 1.54) is 25.2 Å². The third kappa shape index (κ3) is 4.36. The predicted molar refractivity (Wildman–Crippen MR) is 98.6 cm³/mol. The second-order valence-corrected chi connectivity index (χ2v) is 5.71. The summed E-state index contributed by atoms with van der Waals surface area (Å²) in [4.78, 5) is 19.8. The van der Waals surface area contributed by atoms with Gasteiger partial charge in [0.15, 0.2) is 0 Å². The van der Waals surface area contributed by atoms with Crippen LogP contribution in [0.3, 0.4) is 0 Å². The van der Waals surface area contributed by atoms with Gasteiger partial charge in [-0.05, 0) is 24.6 Å². The first-order valence-electron chi connectivity index (χ1n) is 8.09. The molecule has 0 atom stereocenters. The number of hydrogen-bond acceptors (Lipinski definition) is 6. The molecule has 0 saturated heterocycles. The maximum atomic E-state index is 11.8. The number of aromatic nitrogens is 2. The standard InChI is InChI=1S/C20H19N3O3/c1-14-5-3-6-15(9-14)12-26-17-8-4-7-16(10-17)23-19-18(20(24)25-2)11-21-13-22-19/h3-11,13H,12H2,1-2H3,(H,21,22,23). The molecule has 132 valence electrons. The number of esters is 1. The summed E-state index contributed by atoms with van der Waals surface area (Å²) < 4.78 is 10.6. The lowest BCUT2D eigenvalue weighted by atomic mass is 10.1. The number of carbonyl (C=O) groups is 1. The van der Waals surface area contributed by atoms with Gasteiger partial charge in [-0.1, -0.05) is 35.9 Å². The molecule has 1 heterocycles. The van der Waals surface area contributed by atoms with Gasteiger partial charge in [0.1, 0.15) is 30.1 Å². The summed E-state index contributed by atoms with van der Waals surface area (Å²) >= 11 is 0. The van der Waals surface area contributed by atoms with Gasteiger partial charge in [0, 0.05) is 18.0 Å². The third-order valence-electron chi connectivity index (χ3n) is 3.70. The van der Waals surface area contributed by atoms with Gasteiger partial charge in [0.2, 0.25) is 0 Å². The number of anilines is 2. The van der Waals surface area contributed by atoms with Crippen LogP contribution in [0.25, 0.3) is 0 Å². The smallest absolute Gasteiger partial charge is 0.343 e. The number of rotatable bonds is 6. The van der Waals surface area contributed by atoms with Gasteiger partial charge in [0.05, 0.1) is 7.11 Å². The first-order valence-corrected chi connectivity index (χ1v) is 8.09. The molecule has 0 saturated carbocycles. The summed E-state index contributed by atoms with van der Waals surface area (Å²) in [6.07, 6.45) is 2.78. The van der Waals surface area contributed by atoms with E-state index >= 15 is 0 Å². The summed E-state index contributed by atoms with van der Waals surface area (Å²) in [5, 5.41) is 3.10. The van der Waals surface area contributed by atoms with Gasteiger partial charge in [0.25, 0.3) is 0 Å². The number of carbonyl (C=O) groups excluding carboxylic acids is 1. The minimum Gasteiger partial charge on any atom is -0.489 e. The van der Waals surface area contributed by atoms with Crippen LogP contribution in [0.5, 0.6) is 5.75 Å². The van der Waals surface area contributed by atoms with Crippen molar-refractivity contribution < 1.29 is 14.3 Å². The molecule has 0 amide bonds. The molecular formula is C20H19N3O3. The van der Waals surface area contributed by atoms with Crippen molar-refractivity contribution in [3.05, 3.63) is 77.7 Å². The van der Waals surface area contributed by atoms with Gasteiger partial charge in [-0.15, -0.1) is 0 Å². The van der Waals surface area contributed by atoms with Crippen LogP contribution in [-0.4, -0.2) is 23.0 Å². The number of nitrogens with zero attached hydrogens (tertiary/aromatic N) is 2. The Balaban J connectivity index is 1.73. The zero-order valence-electron chi connectivity index (χ0n) is 14.6. The molecule has 0 radical (unpaired) electrons. The minimum atomic E-state index is -0.500. The lowest BCUT2D eigenvalue weighted by Gasteiger charge is -2.11. The number of aryl methyl sites for hydroxylation is 1. The van der Waals surface area contributed by atoms with E-state index in [0.717, 1.165) is 11.3 Å². The van der Waals surface area contributed by atoms with E-state index in [2.05, 4.69) is 34.3 Å². The highest BCUT2D eigenvalue weighted by atomic mass is 16.5. The Kier molecular flexibility index (Phi) is 5.43. The second-order valence-electron chi connectivity index (χ2n) is 5.71. The molecule has 6 heteroatoms. The van der Waals surface area contributed by atoms with Crippen LogP contribution in [0.2, 0.25) is 0 Å². The summed E-state index contributed by atoms with van der Waals surface area (Å²) in [5.41, 5.74) is 3.31. The predicted octanol–water partition coefficient (Wildman–Crippen LogP) is 3.89. The molecule has 0 bridgehead atoms. The molecular weight excluding hydrogens is 330 g/mol. The summed E-state index contributed by atoms with van der Waals surface area (Å²) in [5.74, 6) is 0.591. The van der Waals surface area contributed by atoms with Crippen LogP contribution in [0, 0.1) is 6.92 Å². The zero-order chi connectivity index (χ0) is 18.4. The van der Waals surface area contributed by atoms with Crippen LogP contribution < -0.4 is 10.1 Å². The van der Waals surface area contributed by atoms with E-state index in [1.54, 1.807) is 0 Å². The highest BCUT2D eigenvalue weighted by Gasteiger charge is 2.13. The fourth-order valence-electron chi connectivity index (χ4n) is 2.46. The topological polar surface area (TPSA) is 73.3 Å². The zero-order valence-corrected chi connectivity index (χ0v) is 14.6. The summed E-state index contributed by atoms with van der Waals surface area (Å²) in [6.45, 7) is 2.53. The third-order valence-corrected chi connectivity index (χ3v) is 3.70. The number of methoxy groups -OCH3 is 1. The van der Waals surface area contributed by atoms with Crippen molar-refractivity contribution in [3.63, 3.8) is 0 Å². The quantitative estimate of drug-likeness (QED) is 0.681. The van der Waals surface area contributed by atoms with Crippen LogP contribution in [0.15, 0.2) is 61.1 Å². The van der Waals surface area contributed by atoms with Gasteiger partial charge in [-0.2, -0.15) is 0 Å². The Hall–Kier alpha value is -3.41. The van der Waals surface area contributed by atoms with Gasteiger partial charge in [-0.3, -0.25) is 0 Å². The summed E-state index contributed by atoms with van der Waals surface area (Å²) in [7, 11) is 1.32. The molecule has 3 aromatic rings. The Labute approximate surface area is 151 Å². The fraction of sp³-hybridized carbons (Fsp3) is 0.150. The van der Waals surface area contributed by atoms with E-state index in [1.807, 2.05) is 36.4 Å². The molecule has 1 N–H and O–H groups in total. The Bertz CT molecular complexity index is 912. The summed E-state index contributed by atoms with van der Waals surface area (Å²) in [6, 6.07) is 15.6. The maximum absolute atomic E-state index is 11.8. The fourth-order valence-corrected chi connectivity index (χ4v) is 2.46. The minimum absolute atomic E-state index is 0.265. The SMILES string of the molecule is COC(=O)c1cncnc1Nc1cccc(OCc2cccc(C)c2)c1. The monoisotopic (exact) mass is 349 g/mol. The van der Waals surface area contributed by atoms with Gasteiger partial charge < -0.3 is 14.8 Å². The van der Waals surface area contributed by atoms with Gasteiger partial charge in [-0.25, -0.2) is 14.8 Å². The molecule has 0 unspecified atom stereocenters. The molecule has 0 aliphatic heterocycles. The van der Waals surface area contributed by atoms with E-state index in [9.17, 15) is 4.79 Å². The molecule has 0 aliphatic rings. The van der Waals surface area contributed by atoms with E-state index in [-0.39, 0.29) is 5.56 Å². The number of nitrogens with one attached hydrogen (secondary N) is 1. The van der Waals surface area contributed by atoms with Crippen LogP contribution >= 0.6 is 0 Å². The number of hydrogen-bond donors (Lipinski definition) is 1. The van der Waals surface area contributed by atoms with Crippen molar-refractivity contribution in [2.45, 2.75) is 13.5 Å². The number of ether oxygens (including phenoxy) is 2. The Morgan fingerprint density at radius 2 is 2.00 bits per heavy atom. The van der Waals surface area contributed by atoms with E-state index in [0.29, 0.717) is 18.2 Å². The number of benzene rings is 2. The Morgan fingerprint density at radius 1 is 1.15 bits per heavy atom. The average molecular weight is 349 g/mol. The maximum Gasteiger partial charge on any atom is 0.343 e. The molecule has 26 heavy (non-hydrogen) atoms. The lowest BCUT2D eigenvalue weighted by Crippen LogP contribution is -2.08. The molecule has 3 rings (SSSR count). The Morgan fingerprint density at radius 3 is 2.81 bits per heavy atom. The van der Waals surface area contributed by atoms with Crippen LogP contribution in [0.1, 0.15) is 21.5 Å². The first-order chi connectivity index (χ1) is 12.7. The molecule has 6 nitrogen and oxygen atoms in total. The van der Waals surface area contributed by atoms with Crippen molar-refractivity contribution in [1.82, 2.24) is 9.97 Å². The van der Waals surface area contributed by atoms with Crippen molar-refractivity contribution in [2.24, 2.45) is 0 Å². The van der Waals surface area contributed by atoms with E-state index < -0.39 is 5.97 Å². The van der Waals surface area contributed by atoms with Crippen molar-refractivity contribution >= 4 is 17.5 Å². The van der Waals surface area contributed by atoms with Crippen LogP contribution in [-0.2, 0) is 11.3 Å². The second kappa shape index (κ2) is 8.11. The van der Waals surface area contributed by atoms with Crippen molar-refractivity contribution in [1.29, 1.82) is 0 Å². The molecule has 1 aromatic heterocycles. The molecule has 0 spiro atoms. The molecule has 0 fully saturated rings. The lowest BCUT2D eigenvalue weighted by molar-refractivity contribution is 0.0601. The van der Waals surface area contributed by atoms with Crippen LogP contribution in [0.4, 0.5) is 11.5 Å². The largest absolute Gasteiger partial charge is 0.489 e. The van der Waals surface area contributed by atoms with Crippen molar-refractivity contribution in [2.75, 3.05) is 12.4 Å². The molecule has 0 aliphatic carbocycles. The molecule has 2 aromatic carbocycles. The van der Waals surface area contributed by atoms with Gasteiger partial charge >= 0.3 is 5.97 Å². The highest BCUT2D eigenvalue weighted by Crippen LogP contribution is 2.23.